The highest BCUT2D eigenvalue weighted by Gasteiger charge is 2.60. The molecule has 0 spiro atoms. The van der Waals surface area contributed by atoms with Gasteiger partial charge in [-0.05, 0) is 45.4 Å². The van der Waals surface area contributed by atoms with Crippen molar-refractivity contribution in [2.45, 2.75) is 63.7 Å². The van der Waals surface area contributed by atoms with E-state index >= 15 is 0 Å². The molecule has 6 atom stereocenters. The summed E-state index contributed by atoms with van der Waals surface area (Å²) in [6.07, 6.45) is -0.643. The predicted molar refractivity (Wildman–Crippen MR) is 133 cm³/mol. The second-order valence-electron chi connectivity index (χ2n) is 9.73. The van der Waals surface area contributed by atoms with Crippen LogP contribution in [0.15, 0.2) is 34.9 Å². The molecule has 0 aromatic heterocycles. The minimum atomic E-state index is -1.17. The van der Waals surface area contributed by atoms with Crippen molar-refractivity contribution in [1.29, 1.82) is 0 Å². The Bertz CT molecular complexity index is 1120. The fraction of sp³-hybridized carbons (Fsp3) is 0.520. The van der Waals surface area contributed by atoms with Crippen LogP contribution in [-0.2, 0) is 19.1 Å². The number of amides is 2. The van der Waals surface area contributed by atoms with Crippen molar-refractivity contribution in [2.24, 2.45) is 11.8 Å². The molecule has 2 amide bonds. The summed E-state index contributed by atoms with van der Waals surface area (Å²) in [5.74, 6) is -3.09. The molecule has 4 N–H and O–H groups in total. The lowest BCUT2D eigenvalue weighted by Crippen LogP contribution is -2.63. The maximum Gasteiger partial charge on any atom is 0.353 e. The maximum absolute atomic E-state index is 12.9. The molecule has 2 saturated heterocycles. The number of thioether (sulfide) groups is 1. The quantitative estimate of drug-likeness (QED) is 0.300. The Morgan fingerprint density at radius 3 is 2.61 bits per heavy atom. The minimum Gasteiger partial charge on any atom is -0.477 e. The number of fused-ring (bicyclic) bond motifs is 1. The van der Waals surface area contributed by atoms with E-state index in [1.54, 1.807) is 45.0 Å². The number of carboxylic acid groups (broad SMARTS) is 1. The third-order valence-electron chi connectivity index (χ3n) is 6.72. The zero-order valence-electron chi connectivity index (χ0n) is 20.6. The summed E-state index contributed by atoms with van der Waals surface area (Å²) < 4.78 is 5.20. The van der Waals surface area contributed by atoms with E-state index in [2.05, 4.69) is 10.6 Å². The van der Waals surface area contributed by atoms with Crippen LogP contribution >= 0.6 is 11.8 Å². The first-order chi connectivity index (χ1) is 17.0. The summed E-state index contributed by atoms with van der Waals surface area (Å²) in [4.78, 5) is 51.5. The third-order valence-corrected chi connectivity index (χ3v) is 8.23. The van der Waals surface area contributed by atoms with Crippen LogP contribution in [0.2, 0.25) is 0 Å². The molecule has 1 aromatic rings. The number of anilines is 1. The smallest absolute Gasteiger partial charge is 0.353 e. The first kappa shape index (κ1) is 26.2. The van der Waals surface area contributed by atoms with Crippen molar-refractivity contribution in [1.82, 2.24) is 10.2 Å². The van der Waals surface area contributed by atoms with Crippen molar-refractivity contribution < 1.29 is 34.1 Å². The Balaban J connectivity index is 1.40. The van der Waals surface area contributed by atoms with E-state index in [0.717, 1.165) is 0 Å². The summed E-state index contributed by atoms with van der Waals surface area (Å²) in [5, 5.41) is 25.8. The Morgan fingerprint density at radius 1 is 1.25 bits per heavy atom. The molecule has 4 rings (SSSR count). The fourth-order valence-electron chi connectivity index (χ4n) is 5.09. The number of nitrogens with zero attached hydrogens (tertiary/aromatic N) is 1. The summed E-state index contributed by atoms with van der Waals surface area (Å²) in [5.41, 5.74) is 0.799. The Hall–Kier alpha value is -2.89. The number of nitrogens with one attached hydrogen (secondary N) is 2. The van der Waals surface area contributed by atoms with Crippen LogP contribution < -0.4 is 10.6 Å². The molecule has 0 bridgehead atoms. The highest BCUT2D eigenvalue weighted by molar-refractivity contribution is 8.03. The van der Waals surface area contributed by atoms with Crippen LogP contribution in [0, 0.1) is 11.8 Å². The minimum absolute atomic E-state index is 0.0163. The summed E-state index contributed by atoms with van der Waals surface area (Å²) in [7, 11) is 0. The number of carboxylic acids is 1. The van der Waals surface area contributed by atoms with E-state index in [9.17, 15) is 29.4 Å². The van der Waals surface area contributed by atoms with Crippen molar-refractivity contribution in [3.8, 4) is 0 Å². The van der Waals surface area contributed by atoms with Gasteiger partial charge in [0.2, 0.25) is 11.8 Å². The Morgan fingerprint density at radius 2 is 1.97 bits per heavy atom. The van der Waals surface area contributed by atoms with E-state index in [1.807, 2.05) is 6.92 Å². The lowest BCUT2D eigenvalue weighted by atomic mass is 9.79. The number of aliphatic hydroxyl groups excluding tert-OH is 1. The molecular weight excluding hydrogens is 486 g/mol. The third kappa shape index (κ3) is 4.87. The first-order valence-electron chi connectivity index (χ1n) is 12.0. The molecule has 3 heterocycles. The monoisotopic (exact) mass is 517 g/mol. The van der Waals surface area contributed by atoms with Crippen molar-refractivity contribution in [3.05, 3.63) is 40.4 Å². The van der Waals surface area contributed by atoms with E-state index in [-0.39, 0.29) is 40.8 Å². The van der Waals surface area contributed by atoms with E-state index < -0.39 is 30.0 Å². The number of aliphatic carboxylic acids is 1. The molecule has 2 fully saturated rings. The van der Waals surface area contributed by atoms with E-state index in [1.165, 1.54) is 16.7 Å². The maximum atomic E-state index is 12.9. The zero-order valence-corrected chi connectivity index (χ0v) is 21.4. The van der Waals surface area contributed by atoms with E-state index in [4.69, 9.17) is 4.74 Å². The normalized spacial score (nSPS) is 28.1. The van der Waals surface area contributed by atoms with Crippen LogP contribution in [0.4, 0.5) is 5.69 Å². The number of hydrogen-bond acceptors (Lipinski definition) is 8. The van der Waals surface area contributed by atoms with Gasteiger partial charge in [-0.15, -0.1) is 11.8 Å². The number of ether oxygens (including phenoxy) is 1. The van der Waals surface area contributed by atoms with Crippen LogP contribution in [0.5, 0.6) is 0 Å². The molecule has 3 aliphatic rings. The topological polar surface area (TPSA) is 145 Å². The number of rotatable bonds is 8. The molecule has 194 valence electrons. The Labute approximate surface area is 213 Å². The number of β-lactam (4-membered cyclic amide) rings is 1. The van der Waals surface area contributed by atoms with Crippen LogP contribution in [-0.4, -0.2) is 75.0 Å². The van der Waals surface area contributed by atoms with Gasteiger partial charge in [0.05, 0.1) is 35.8 Å². The molecule has 36 heavy (non-hydrogen) atoms. The standard InChI is InChI=1S/C25H31N3O7S/c1-11(2)35-25(34)14-6-5-7-15(8-14)27-22(30)17-9-16(10-26-17)36-21-12(3)19-18(13(4)29)23(31)28(19)20(21)24(32)33/h5-8,11-13,16-19,26,29H,9-10H2,1-4H3,(H,27,30)(H,32,33)/t12-,13-,16+,17+,18-,19-/m1/s1. The molecule has 0 saturated carbocycles. The average Bonchev–Trinajstić information content (AvgIpc) is 3.35. The number of esters is 1. The van der Waals surface area contributed by atoms with Gasteiger partial charge in [-0.25, -0.2) is 9.59 Å². The van der Waals surface area contributed by atoms with Gasteiger partial charge in [0, 0.05) is 28.3 Å². The lowest BCUT2D eigenvalue weighted by molar-refractivity contribution is -0.163. The van der Waals surface area contributed by atoms with E-state index in [0.29, 0.717) is 29.1 Å². The molecule has 0 radical (unpaired) electrons. The van der Waals surface area contributed by atoms with Gasteiger partial charge in [0.25, 0.3) is 0 Å². The van der Waals surface area contributed by atoms with Gasteiger partial charge in [-0.2, -0.15) is 0 Å². The van der Waals surface area contributed by atoms with Gasteiger partial charge in [0.15, 0.2) is 0 Å². The zero-order chi connectivity index (χ0) is 26.3. The van der Waals surface area contributed by atoms with Gasteiger partial charge < -0.3 is 30.5 Å². The lowest BCUT2D eigenvalue weighted by Gasteiger charge is -2.46. The number of hydrogen-bond donors (Lipinski definition) is 4. The van der Waals surface area contributed by atoms with Crippen molar-refractivity contribution in [3.63, 3.8) is 0 Å². The molecule has 10 nitrogen and oxygen atoms in total. The number of aliphatic hydroxyl groups is 1. The predicted octanol–water partition coefficient (Wildman–Crippen LogP) is 1.81. The second-order valence-corrected chi connectivity index (χ2v) is 11.1. The van der Waals surface area contributed by atoms with Crippen molar-refractivity contribution >= 4 is 41.2 Å². The number of carbonyl (C=O) groups excluding carboxylic acids is 3. The summed E-state index contributed by atoms with van der Waals surface area (Å²) in [6, 6.07) is 5.67. The van der Waals surface area contributed by atoms with Crippen molar-refractivity contribution in [2.75, 3.05) is 11.9 Å². The van der Waals surface area contributed by atoms with Gasteiger partial charge in [-0.1, -0.05) is 13.0 Å². The molecule has 0 aliphatic carbocycles. The summed E-state index contributed by atoms with van der Waals surface area (Å²) >= 11 is 1.38. The van der Waals surface area contributed by atoms with Gasteiger partial charge >= 0.3 is 11.9 Å². The van der Waals surface area contributed by atoms with Gasteiger partial charge in [-0.3, -0.25) is 9.59 Å². The largest absolute Gasteiger partial charge is 0.477 e. The average molecular weight is 518 g/mol. The molecule has 0 unspecified atom stereocenters. The first-order valence-corrected chi connectivity index (χ1v) is 12.9. The molecule has 11 heteroatoms. The molecular formula is C25H31N3O7S. The van der Waals surface area contributed by atoms with Crippen LogP contribution in [0.25, 0.3) is 0 Å². The molecule has 1 aromatic carbocycles. The highest BCUT2D eigenvalue weighted by atomic mass is 32.2. The van der Waals surface area contributed by atoms with Gasteiger partial charge in [0.1, 0.15) is 5.70 Å². The number of carbonyl (C=O) groups is 4. The Kier molecular flexibility index (Phi) is 7.44. The second kappa shape index (κ2) is 10.2. The fourth-order valence-corrected chi connectivity index (χ4v) is 6.57. The number of benzene rings is 1. The SMILES string of the molecule is CC(C)OC(=O)c1cccc(NC(=O)[C@@H]2C[C@H](SC3=C(C(=O)O)N4C(=O)[C@H]([C@@H](C)O)[C@H]4[C@H]3C)CN2)c1. The highest BCUT2D eigenvalue weighted by Crippen LogP contribution is 2.51. The van der Waals surface area contributed by atoms with Crippen LogP contribution in [0.3, 0.4) is 0 Å². The molecule has 3 aliphatic heterocycles. The van der Waals surface area contributed by atoms with Crippen LogP contribution in [0.1, 0.15) is 44.5 Å². The summed E-state index contributed by atoms with van der Waals surface area (Å²) in [6.45, 7) is 7.44.